The fraction of sp³-hybridized carbons (Fsp3) is 0.182. The molecular weight excluding hydrogens is 336 g/mol. The van der Waals surface area contributed by atoms with Gasteiger partial charge in [0, 0.05) is 30.4 Å². The number of aromatic nitrogens is 1. The molecule has 1 aromatic heterocycles. The van der Waals surface area contributed by atoms with Gasteiger partial charge in [0.25, 0.3) is 0 Å². The number of nitrogens with zero attached hydrogens (tertiary/aromatic N) is 3. The molecule has 0 amide bonds. The summed E-state index contributed by atoms with van der Waals surface area (Å²) in [6.45, 7) is 1.46. The number of hydrogen-bond acceptors (Lipinski definition) is 5. The van der Waals surface area contributed by atoms with Crippen molar-refractivity contribution >= 4 is 23.0 Å². The zero-order valence-corrected chi connectivity index (χ0v) is 15.7. The number of nitrogens with two attached hydrogens (primary N) is 1. The van der Waals surface area contributed by atoms with Crippen LogP contribution in [-0.4, -0.2) is 42.9 Å². The Morgan fingerprint density at radius 2 is 1.63 bits per heavy atom. The summed E-state index contributed by atoms with van der Waals surface area (Å²) < 4.78 is 0. The molecule has 0 saturated heterocycles. The number of rotatable bonds is 7. The van der Waals surface area contributed by atoms with Crippen molar-refractivity contribution < 1.29 is 4.79 Å². The van der Waals surface area contributed by atoms with Crippen LogP contribution in [0.4, 0.5) is 17.2 Å². The standard InChI is InChI=1S/C22H24N4O/c1-25(2)15-16-26(22-19(23)12-8-14-24-22)20-13-7-6-11-18(20)21(27)17-9-4-3-5-10-17/h3-14H,15-16,23H2,1-2H3. The minimum absolute atomic E-state index is 0.0180. The van der Waals surface area contributed by atoms with Crippen LogP contribution in [0, 0.1) is 0 Å². The van der Waals surface area contributed by atoms with Crippen LogP contribution in [-0.2, 0) is 0 Å². The van der Waals surface area contributed by atoms with E-state index in [0.717, 1.165) is 12.2 Å². The molecule has 5 nitrogen and oxygen atoms in total. The summed E-state index contributed by atoms with van der Waals surface area (Å²) in [5.74, 6) is 0.642. The third-order valence-electron chi connectivity index (χ3n) is 4.32. The summed E-state index contributed by atoms with van der Waals surface area (Å²) in [5.41, 5.74) is 8.88. The van der Waals surface area contributed by atoms with Gasteiger partial charge in [0.2, 0.25) is 0 Å². The monoisotopic (exact) mass is 360 g/mol. The molecule has 0 bridgehead atoms. The first kappa shape index (κ1) is 18.6. The molecule has 0 unspecified atom stereocenters. The number of pyridine rings is 1. The van der Waals surface area contributed by atoms with Crippen LogP contribution in [0.3, 0.4) is 0 Å². The molecule has 0 saturated carbocycles. The van der Waals surface area contributed by atoms with E-state index in [1.807, 2.05) is 85.7 Å². The van der Waals surface area contributed by atoms with E-state index in [2.05, 4.69) is 9.88 Å². The topological polar surface area (TPSA) is 62.5 Å². The average Bonchev–Trinajstić information content (AvgIpc) is 2.69. The summed E-state index contributed by atoms with van der Waals surface area (Å²) in [7, 11) is 4.03. The van der Waals surface area contributed by atoms with Gasteiger partial charge in [-0.1, -0.05) is 42.5 Å². The lowest BCUT2D eigenvalue weighted by atomic mass is 10.0. The predicted molar refractivity (Wildman–Crippen MR) is 111 cm³/mol. The van der Waals surface area contributed by atoms with E-state index in [-0.39, 0.29) is 5.78 Å². The Bertz CT molecular complexity index is 909. The Labute approximate surface area is 160 Å². The highest BCUT2D eigenvalue weighted by Gasteiger charge is 2.21. The summed E-state index contributed by atoms with van der Waals surface area (Å²) in [6, 6.07) is 20.6. The third kappa shape index (κ3) is 4.33. The molecule has 0 radical (unpaired) electrons. The summed E-state index contributed by atoms with van der Waals surface area (Å²) in [5, 5.41) is 0. The lowest BCUT2D eigenvalue weighted by molar-refractivity contribution is 0.103. The van der Waals surface area contributed by atoms with Crippen molar-refractivity contribution in [3.05, 3.63) is 84.1 Å². The molecule has 0 aliphatic rings. The second-order valence-corrected chi connectivity index (χ2v) is 6.58. The van der Waals surface area contributed by atoms with E-state index in [0.29, 0.717) is 29.2 Å². The number of hydrogen-bond donors (Lipinski definition) is 1. The zero-order valence-electron chi connectivity index (χ0n) is 15.7. The molecule has 2 aromatic carbocycles. The molecular formula is C22H24N4O. The van der Waals surface area contributed by atoms with Crippen LogP contribution >= 0.6 is 0 Å². The molecule has 0 spiro atoms. The molecule has 0 aliphatic carbocycles. The number of benzene rings is 2. The summed E-state index contributed by atoms with van der Waals surface area (Å²) in [4.78, 5) is 21.7. The van der Waals surface area contributed by atoms with Gasteiger partial charge in [0.15, 0.2) is 11.6 Å². The number of carbonyl (C=O) groups excluding carboxylic acids is 1. The van der Waals surface area contributed by atoms with Crippen molar-refractivity contribution in [2.45, 2.75) is 0 Å². The van der Waals surface area contributed by atoms with Gasteiger partial charge in [-0.2, -0.15) is 0 Å². The highest BCUT2D eigenvalue weighted by Crippen LogP contribution is 2.31. The van der Waals surface area contributed by atoms with E-state index < -0.39 is 0 Å². The molecule has 138 valence electrons. The Hall–Kier alpha value is -3.18. The number of likely N-dealkylation sites (N-methyl/N-ethyl adjacent to an activating group) is 1. The number of anilines is 3. The Kier molecular flexibility index (Phi) is 5.84. The molecule has 0 atom stereocenters. The second kappa shape index (κ2) is 8.47. The Balaban J connectivity index is 2.07. The molecule has 2 N–H and O–H groups in total. The van der Waals surface area contributed by atoms with Gasteiger partial charge in [0.1, 0.15) is 0 Å². The van der Waals surface area contributed by atoms with E-state index in [4.69, 9.17) is 5.73 Å². The maximum Gasteiger partial charge on any atom is 0.195 e. The zero-order chi connectivity index (χ0) is 19.2. The van der Waals surface area contributed by atoms with Crippen molar-refractivity contribution in [2.24, 2.45) is 0 Å². The van der Waals surface area contributed by atoms with E-state index in [9.17, 15) is 4.79 Å². The van der Waals surface area contributed by atoms with Crippen LogP contribution < -0.4 is 10.6 Å². The third-order valence-corrected chi connectivity index (χ3v) is 4.32. The maximum atomic E-state index is 13.1. The molecule has 27 heavy (non-hydrogen) atoms. The predicted octanol–water partition coefficient (Wildman–Crippen LogP) is 3.59. The lowest BCUT2D eigenvalue weighted by Gasteiger charge is -2.28. The van der Waals surface area contributed by atoms with Gasteiger partial charge in [-0.15, -0.1) is 0 Å². The van der Waals surface area contributed by atoms with Crippen LogP contribution in [0.5, 0.6) is 0 Å². The first-order chi connectivity index (χ1) is 13.1. The molecule has 1 heterocycles. The average molecular weight is 360 g/mol. The van der Waals surface area contributed by atoms with Gasteiger partial charge in [0.05, 0.1) is 11.4 Å². The van der Waals surface area contributed by atoms with Crippen LogP contribution in [0.25, 0.3) is 0 Å². The molecule has 3 rings (SSSR count). The molecule has 0 aliphatic heterocycles. The molecule has 3 aromatic rings. The van der Waals surface area contributed by atoms with Crippen molar-refractivity contribution in [2.75, 3.05) is 37.8 Å². The van der Waals surface area contributed by atoms with Crippen LogP contribution in [0.2, 0.25) is 0 Å². The Morgan fingerprint density at radius 3 is 2.33 bits per heavy atom. The van der Waals surface area contributed by atoms with Crippen molar-refractivity contribution in [3.8, 4) is 0 Å². The fourth-order valence-corrected chi connectivity index (χ4v) is 2.92. The van der Waals surface area contributed by atoms with Crippen molar-refractivity contribution in [1.82, 2.24) is 9.88 Å². The van der Waals surface area contributed by atoms with Gasteiger partial charge in [-0.05, 0) is 38.4 Å². The number of para-hydroxylation sites is 1. The Morgan fingerprint density at radius 1 is 0.926 bits per heavy atom. The highest BCUT2D eigenvalue weighted by atomic mass is 16.1. The quantitative estimate of drug-likeness (QED) is 0.652. The number of nitrogen functional groups attached to an aromatic ring is 1. The smallest absolute Gasteiger partial charge is 0.195 e. The van der Waals surface area contributed by atoms with Gasteiger partial charge < -0.3 is 15.5 Å². The summed E-state index contributed by atoms with van der Waals surface area (Å²) >= 11 is 0. The van der Waals surface area contributed by atoms with Crippen LogP contribution in [0.1, 0.15) is 15.9 Å². The first-order valence-electron chi connectivity index (χ1n) is 8.89. The van der Waals surface area contributed by atoms with Gasteiger partial charge in [-0.3, -0.25) is 4.79 Å². The normalized spacial score (nSPS) is 10.8. The van der Waals surface area contributed by atoms with Crippen molar-refractivity contribution in [1.29, 1.82) is 0 Å². The largest absolute Gasteiger partial charge is 0.396 e. The minimum atomic E-state index is -0.0180. The van der Waals surface area contributed by atoms with Crippen molar-refractivity contribution in [3.63, 3.8) is 0 Å². The molecule has 0 fully saturated rings. The highest BCUT2D eigenvalue weighted by molar-refractivity contribution is 6.12. The SMILES string of the molecule is CN(C)CCN(c1ccccc1C(=O)c1ccccc1)c1ncccc1N. The first-order valence-corrected chi connectivity index (χ1v) is 8.89. The summed E-state index contributed by atoms with van der Waals surface area (Å²) in [6.07, 6.45) is 1.72. The lowest BCUT2D eigenvalue weighted by Crippen LogP contribution is -2.30. The van der Waals surface area contributed by atoms with Gasteiger partial charge in [-0.25, -0.2) is 4.98 Å². The van der Waals surface area contributed by atoms with E-state index in [1.54, 1.807) is 6.20 Å². The number of ketones is 1. The van der Waals surface area contributed by atoms with Crippen LogP contribution in [0.15, 0.2) is 72.9 Å². The van der Waals surface area contributed by atoms with E-state index in [1.165, 1.54) is 0 Å². The molecule has 5 heteroatoms. The van der Waals surface area contributed by atoms with Gasteiger partial charge >= 0.3 is 0 Å². The van der Waals surface area contributed by atoms with E-state index >= 15 is 0 Å². The number of carbonyl (C=O) groups is 1. The minimum Gasteiger partial charge on any atom is -0.396 e. The maximum absolute atomic E-state index is 13.1. The second-order valence-electron chi connectivity index (χ2n) is 6.58. The fourth-order valence-electron chi connectivity index (χ4n) is 2.92.